The van der Waals surface area contributed by atoms with Gasteiger partial charge in [0.2, 0.25) is 5.91 Å². The molecule has 0 saturated heterocycles. The second-order valence-electron chi connectivity index (χ2n) is 7.89. The standard InChI is InChI=1S/C22H21FN8O/c1-12-18(24)10-26-28-22(12)16-5-13-7-19(25-9-14(13)6-17(16)23)27-20-8-15-3-4-30(2)21(32)11-31(15)29-20/h5-10H,3-4,11H2,1-2H3,(H2,24,28)(H,25,27,29). The van der Waals surface area contributed by atoms with Crippen LogP contribution >= 0.6 is 0 Å². The molecule has 0 saturated carbocycles. The molecule has 1 amide bonds. The fourth-order valence-corrected chi connectivity index (χ4v) is 3.77. The molecule has 4 aromatic rings. The van der Waals surface area contributed by atoms with Crippen LogP contribution in [0.25, 0.3) is 22.0 Å². The largest absolute Gasteiger partial charge is 0.397 e. The molecular formula is C22H21FN8O. The summed E-state index contributed by atoms with van der Waals surface area (Å²) in [4.78, 5) is 18.2. The number of hydrogen-bond donors (Lipinski definition) is 2. The fourth-order valence-electron chi connectivity index (χ4n) is 3.77. The molecular weight excluding hydrogens is 411 g/mol. The molecule has 10 heteroatoms. The van der Waals surface area contributed by atoms with Gasteiger partial charge in [-0.2, -0.15) is 10.2 Å². The van der Waals surface area contributed by atoms with Crippen molar-refractivity contribution in [3.63, 3.8) is 0 Å². The van der Waals surface area contributed by atoms with Gasteiger partial charge in [-0.25, -0.2) is 9.37 Å². The first kappa shape index (κ1) is 19.9. The number of amides is 1. The molecule has 0 radical (unpaired) electrons. The van der Waals surface area contributed by atoms with Crippen LogP contribution in [0.5, 0.6) is 0 Å². The minimum absolute atomic E-state index is 0.0247. The van der Waals surface area contributed by atoms with Gasteiger partial charge in [0, 0.05) is 54.5 Å². The van der Waals surface area contributed by atoms with Crippen LogP contribution in [0.2, 0.25) is 0 Å². The number of nitrogens with zero attached hydrogens (tertiary/aromatic N) is 6. The van der Waals surface area contributed by atoms with E-state index in [2.05, 4.69) is 25.6 Å². The van der Waals surface area contributed by atoms with Crippen LogP contribution in [0.1, 0.15) is 11.3 Å². The highest BCUT2D eigenvalue weighted by Crippen LogP contribution is 2.31. The Hall–Kier alpha value is -4.08. The van der Waals surface area contributed by atoms with Crippen LogP contribution in [-0.2, 0) is 17.8 Å². The molecule has 162 valence electrons. The summed E-state index contributed by atoms with van der Waals surface area (Å²) in [5.74, 6) is 0.762. The van der Waals surface area contributed by atoms with Crippen molar-refractivity contribution in [1.82, 2.24) is 29.9 Å². The van der Waals surface area contributed by atoms with E-state index in [-0.39, 0.29) is 12.5 Å². The number of nitrogens with one attached hydrogen (secondary N) is 1. The first-order valence-electron chi connectivity index (χ1n) is 10.1. The van der Waals surface area contributed by atoms with E-state index in [4.69, 9.17) is 5.73 Å². The van der Waals surface area contributed by atoms with Gasteiger partial charge in [-0.15, -0.1) is 5.10 Å². The lowest BCUT2D eigenvalue weighted by atomic mass is 10.0. The van der Waals surface area contributed by atoms with Crippen LogP contribution in [0.3, 0.4) is 0 Å². The average Bonchev–Trinajstić information content (AvgIpc) is 3.08. The lowest BCUT2D eigenvalue weighted by Crippen LogP contribution is -2.29. The maximum Gasteiger partial charge on any atom is 0.244 e. The molecule has 0 aliphatic carbocycles. The van der Waals surface area contributed by atoms with E-state index in [0.29, 0.717) is 46.1 Å². The number of rotatable bonds is 3. The van der Waals surface area contributed by atoms with E-state index in [9.17, 15) is 9.18 Å². The number of aromatic nitrogens is 5. The van der Waals surface area contributed by atoms with Crippen LogP contribution in [0.15, 0.2) is 36.7 Å². The SMILES string of the molecule is Cc1c(N)cnnc1-c1cc2cc(Nc3cc4n(n3)CC(=O)N(C)CC4)ncc2cc1F. The average molecular weight is 432 g/mol. The second kappa shape index (κ2) is 7.56. The van der Waals surface area contributed by atoms with Gasteiger partial charge in [0.25, 0.3) is 0 Å². The number of pyridine rings is 1. The maximum atomic E-state index is 14.8. The van der Waals surface area contributed by atoms with Crippen molar-refractivity contribution in [2.75, 3.05) is 24.6 Å². The Kier molecular flexibility index (Phi) is 4.69. The summed E-state index contributed by atoms with van der Waals surface area (Å²) in [5, 5.41) is 17.1. The molecule has 1 aromatic carbocycles. The zero-order chi connectivity index (χ0) is 22.4. The van der Waals surface area contributed by atoms with Gasteiger partial charge in [0.1, 0.15) is 23.9 Å². The van der Waals surface area contributed by atoms with Gasteiger partial charge >= 0.3 is 0 Å². The van der Waals surface area contributed by atoms with Crippen molar-refractivity contribution >= 4 is 34.0 Å². The fraction of sp³-hybridized carbons (Fsp3) is 0.227. The monoisotopic (exact) mass is 432 g/mol. The van der Waals surface area contributed by atoms with Gasteiger partial charge in [-0.05, 0) is 30.5 Å². The molecule has 4 heterocycles. The molecule has 0 unspecified atom stereocenters. The summed E-state index contributed by atoms with van der Waals surface area (Å²) >= 11 is 0. The Bertz CT molecular complexity index is 1370. The lowest BCUT2D eigenvalue weighted by molar-refractivity contribution is -0.130. The quantitative estimate of drug-likeness (QED) is 0.511. The summed E-state index contributed by atoms with van der Waals surface area (Å²) in [6.45, 7) is 2.65. The highest BCUT2D eigenvalue weighted by molar-refractivity contribution is 5.89. The second-order valence-corrected chi connectivity index (χ2v) is 7.89. The Balaban J connectivity index is 1.48. The molecule has 0 fully saturated rings. The number of benzene rings is 1. The Labute approximate surface area is 183 Å². The molecule has 0 bridgehead atoms. The van der Waals surface area contributed by atoms with Gasteiger partial charge in [0.05, 0.1) is 11.9 Å². The number of nitrogen functional groups attached to an aromatic ring is 1. The number of hydrogen-bond acceptors (Lipinski definition) is 7. The van der Waals surface area contributed by atoms with E-state index >= 15 is 0 Å². The summed E-state index contributed by atoms with van der Waals surface area (Å²) < 4.78 is 16.5. The van der Waals surface area contributed by atoms with Gasteiger partial charge in [-0.1, -0.05) is 0 Å². The minimum atomic E-state index is -0.421. The molecule has 3 N–H and O–H groups in total. The Morgan fingerprint density at radius 3 is 2.81 bits per heavy atom. The van der Waals surface area contributed by atoms with Gasteiger partial charge < -0.3 is 16.0 Å². The van der Waals surface area contributed by atoms with Crippen molar-refractivity contribution in [3.05, 3.63) is 53.7 Å². The predicted molar refractivity (Wildman–Crippen MR) is 119 cm³/mol. The van der Waals surface area contributed by atoms with Crippen molar-refractivity contribution in [1.29, 1.82) is 0 Å². The number of nitrogens with two attached hydrogens (primary N) is 1. The molecule has 9 nitrogen and oxygen atoms in total. The summed E-state index contributed by atoms with van der Waals surface area (Å²) in [6.07, 6.45) is 3.77. The Morgan fingerprint density at radius 2 is 1.97 bits per heavy atom. The number of likely N-dealkylation sites (N-methyl/N-ethyl adjacent to an activating group) is 1. The predicted octanol–water partition coefficient (Wildman–Crippen LogP) is 2.68. The van der Waals surface area contributed by atoms with E-state index in [1.807, 2.05) is 12.1 Å². The number of anilines is 3. The maximum absolute atomic E-state index is 14.8. The van der Waals surface area contributed by atoms with Crippen molar-refractivity contribution in [2.45, 2.75) is 19.9 Å². The third-order valence-electron chi connectivity index (χ3n) is 5.74. The van der Waals surface area contributed by atoms with Crippen molar-refractivity contribution < 1.29 is 9.18 Å². The molecule has 3 aromatic heterocycles. The third-order valence-corrected chi connectivity index (χ3v) is 5.74. The number of fused-ring (bicyclic) bond motifs is 2. The van der Waals surface area contributed by atoms with E-state index in [0.717, 1.165) is 17.5 Å². The Morgan fingerprint density at radius 1 is 1.12 bits per heavy atom. The normalized spacial score (nSPS) is 13.8. The number of carbonyl (C=O) groups excluding carboxylic acids is 1. The summed E-state index contributed by atoms with van der Waals surface area (Å²) in [6, 6.07) is 6.87. The van der Waals surface area contributed by atoms with Crippen LogP contribution in [0.4, 0.5) is 21.7 Å². The third kappa shape index (κ3) is 3.49. The number of carbonyl (C=O) groups is 1. The van der Waals surface area contributed by atoms with Crippen LogP contribution in [0, 0.1) is 12.7 Å². The van der Waals surface area contributed by atoms with Crippen molar-refractivity contribution in [2.24, 2.45) is 0 Å². The summed E-state index contributed by atoms with van der Waals surface area (Å²) in [5.41, 5.74) is 8.75. The summed E-state index contributed by atoms with van der Waals surface area (Å²) in [7, 11) is 1.79. The minimum Gasteiger partial charge on any atom is -0.397 e. The molecule has 5 rings (SSSR count). The molecule has 1 aliphatic rings. The van der Waals surface area contributed by atoms with E-state index < -0.39 is 5.82 Å². The first-order valence-corrected chi connectivity index (χ1v) is 10.1. The van der Waals surface area contributed by atoms with E-state index in [1.54, 1.807) is 35.8 Å². The smallest absolute Gasteiger partial charge is 0.244 e. The first-order chi connectivity index (χ1) is 15.4. The molecule has 0 spiro atoms. The van der Waals surface area contributed by atoms with Crippen LogP contribution in [-0.4, -0.2) is 49.4 Å². The molecule has 1 aliphatic heterocycles. The molecule has 32 heavy (non-hydrogen) atoms. The lowest BCUT2D eigenvalue weighted by Gasteiger charge is -2.12. The van der Waals surface area contributed by atoms with E-state index in [1.165, 1.54) is 12.3 Å². The zero-order valence-electron chi connectivity index (χ0n) is 17.6. The van der Waals surface area contributed by atoms with Crippen LogP contribution < -0.4 is 11.1 Å². The van der Waals surface area contributed by atoms with Crippen molar-refractivity contribution in [3.8, 4) is 11.3 Å². The highest BCUT2D eigenvalue weighted by atomic mass is 19.1. The molecule has 0 atom stereocenters. The number of halogens is 1. The zero-order valence-corrected chi connectivity index (χ0v) is 17.6. The van der Waals surface area contributed by atoms with Gasteiger partial charge in [0.15, 0.2) is 5.82 Å². The van der Waals surface area contributed by atoms with Gasteiger partial charge in [-0.3, -0.25) is 9.48 Å². The highest BCUT2D eigenvalue weighted by Gasteiger charge is 2.19. The topological polar surface area (TPSA) is 115 Å².